The van der Waals surface area contributed by atoms with E-state index in [1.54, 1.807) is 13.0 Å². The Kier molecular flexibility index (Phi) is 7.24. The van der Waals surface area contributed by atoms with Gasteiger partial charge in [0.15, 0.2) is 5.83 Å². The van der Waals surface area contributed by atoms with E-state index in [1.165, 1.54) is 30.4 Å². The van der Waals surface area contributed by atoms with E-state index in [9.17, 15) is 30.7 Å². The highest BCUT2D eigenvalue weighted by molar-refractivity contribution is 5.65. The molecule has 1 nitrogen and oxygen atoms in total. The minimum Gasteiger partial charge on any atom is -0.433 e. The first kappa shape index (κ1) is 25.5. The maximum Gasteiger partial charge on any atom is 0.398 e. The minimum absolute atomic E-state index is 0.0389. The predicted molar refractivity (Wildman–Crippen MR) is 123 cm³/mol. The Morgan fingerprint density at radius 3 is 2.14 bits per heavy atom. The van der Waals surface area contributed by atoms with Crippen LogP contribution in [0.25, 0.3) is 11.1 Å². The van der Waals surface area contributed by atoms with Crippen molar-refractivity contribution in [2.75, 3.05) is 0 Å². The van der Waals surface area contributed by atoms with Crippen LogP contribution >= 0.6 is 0 Å². The monoisotopic (exact) mass is 506 g/mol. The summed E-state index contributed by atoms with van der Waals surface area (Å²) in [4.78, 5) is 0. The summed E-state index contributed by atoms with van der Waals surface area (Å²) < 4.78 is 104. The molecule has 2 aromatic rings. The largest absolute Gasteiger partial charge is 0.433 e. The second kappa shape index (κ2) is 10.2. The third-order valence-electron chi connectivity index (χ3n) is 5.90. The maximum atomic E-state index is 14.7. The van der Waals surface area contributed by atoms with Crippen LogP contribution in [0.2, 0.25) is 0 Å². The van der Waals surface area contributed by atoms with E-state index in [0.29, 0.717) is 11.1 Å². The van der Waals surface area contributed by atoms with E-state index in [2.05, 4.69) is 0 Å². The van der Waals surface area contributed by atoms with Crippen molar-refractivity contribution in [2.24, 2.45) is 0 Å². The van der Waals surface area contributed by atoms with Gasteiger partial charge in [-0.05, 0) is 83.7 Å². The number of halogens is 7. The molecule has 0 N–H and O–H groups in total. The summed E-state index contributed by atoms with van der Waals surface area (Å²) in [6.45, 7) is 1.70. The summed E-state index contributed by atoms with van der Waals surface area (Å²) in [6, 6.07) is 6.47. The molecule has 8 heteroatoms. The fraction of sp³-hybridized carbons (Fsp3) is 0.214. The number of hydrogen-bond acceptors (Lipinski definition) is 1. The van der Waals surface area contributed by atoms with Crippen LogP contribution in [0.15, 0.2) is 78.1 Å². The number of benzene rings is 2. The van der Waals surface area contributed by atoms with Gasteiger partial charge in [-0.25, -0.2) is 22.0 Å². The molecular formula is C28H21F7O. The summed E-state index contributed by atoms with van der Waals surface area (Å²) >= 11 is 0. The van der Waals surface area contributed by atoms with Crippen molar-refractivity contribution in [2.45, 2.75) is 38.7 Å². The molecule has 0 saturated heterocycles. The number of ether oxygens (including phenoxy) is 1. The zero-order valence-corrected chi connectivity index (χ0v) is 19.2. The first-order valence-electron chi connectivity index (χ1n) is 11.2. The zero-order chi connectivity index (χ0) is 26.0. The fourth-order valence-corrected chi connectivity index (χ4v) is 3.99. The van der Waals surface area contributed by atoms with E-state index >= 15 is 0 Å². The third-order valence-corrected chi connectivity index (χ3v) is 5.90. The first-order valence-corrected chi connectivity index (χ1v) is 11.2. The van der Waals surface area contributed by atoms with Crippen molar-refractivity contribution in [3.63, 3.8) is 0 Å². The van der Waals surface area contributed by atoms with Gasteiger partial charge in [0.05, 0.1) is 6.42 Å². The van der Waals surface area contributed by atoms with Gasteiger partial charge >= 0.3 is 6.11 Å². The van der Waals surface area contributed by atoms with Crippen molar-refractivity contribution in [3.05, 3.63) is 117 Å². The lowest BCUT2D eigenvalue weighted by atomic mass is 9.99. The van der Waals surface area contributed by atoms with Crippen LogP contribution in [0, 0.1) is 24.4 Å². The second-order valence-electron chi connectivity index (χ2n) is 8.61. The van der Waals surface area contributed by atoms with Crippen LogP contribution in [0.4, 0.5) is 30.7 Å². The Labute approximate surface area is 202 Å². The van der Waals surface area contributed by atoms with Crippen molar-refractivity contribution in [1.82, 2.24) is 0 Å². The molecule has 0 unspecified atom stereocenters. The Hall–Kier alpha value is -3.55. The molecule has 0 spiro atoms. The molecule has 0 aromatic heterocycles. The van der Waals surface area contributed by atoms with Crippen LogP contribution in [0.3, 0.4) is 0 Å². The number of aryl methyl sites for hydroxylation is 2. The standard InChI is InChI=1S/C28H21F7O/c1-16-2-3-18(23(30)12-16)10-11-28(34,35)36-21-7-4-17(5-8-21)20-14-25(32)27(26(33)15-20)19-6-9-22(29)24(31)13-19/h2-4,6-9,12,14-15H,5,10-11,13H2,1H3. The average molecular weight is 506 g/mol. The summed E-state index contributed by atoms with van der Waals surface area (Å²) in [6.07, 6.45) is 0.908. The first-order chi connectivity index (χ1) is 17.0. The van der Waals surface area contributed by atoms with Crippen LogP contribution < -0.4 is 10.4 Å². The molecular weight excluding hydrogens is 485 g/mol. The molecule has 0 saturated carbocycles. The third kappa shape index (κ3) is 5.80. The molecule has 2 aromatic carbocycles. The Bertz CT molecular complexity index is 1420. The molecule has 0 aliphatic heterocycles. The molecule has 0 heterocycles. The summed E-state index contributed by atoms with van der Waals surface area (Å²) in [7, 11) is 0. The predicted octanol–water partition coefficient (Wildman–Crippen LogP) is 6.91. The molecule has 4 rings (SSSR count). The quantitative estimate of drug-likeness (QED) is 0.401. The van der Waals surface area contributed by atoms with Gasteiger partial charge in [-0.15, -0.1) is 0 Å². The van der Waals surface area contributed by atoms with Crippen LogP contribution in [-0.2, 0) is 11.2 Å². The van der Waals surface area contributed by atoms with Gasteiger partial charge in [0.1, 0.15) is 29.0 Å². The number of rotatable bonds is 5. The topological polar surface area (TPSA) is 9.23 Å². The van der Waals surface area contributed by atoms with Gasteiger partial charge in [0.2, 0.25) is 0 Å². The normalized spacial score (nSPS) is 16.1. The minimum atomic E-state index is -3.56. The smallest absolute Gasteiger partial charge is 0.398 e. The zero-order valence-electron chi connectivity index (χ0n) is 19.2. The van der Waals surface area contributed by atoms with Crippen molar-refractivity contribution < 1.29 is 35.5 Å². The van der Waals surface area contributed by atoms with E-state index in [-0.39, 0.29) is 35.0 Å². The number of hydrogen-bond donors (Lipinski definition) is 0. The average Bonchev–Trinajstić information content (AvgIpc) is 2.80. The maximum absolute atomic E-state index is 14.7. The highest BCUT2D eigenvalue weighted by Crippen LogP contribution is 2.29. The van der Waals surface area contributed by atoms with Gasteiger partial charge in [0, 0.05) is 11.6 Å². The molecule has 0 fully saturated rings. The van der Waals surface area contributed by atoms with Crippen molar-refractivity contribution >= 4 is 11.1 Å². The van der Waals surface area contributed by atoms with Gasteiger partial charge in [-0.1, -0.05) is 24.3 Å². The fourth-order valence-electron chi connectivity index (χ4n) is 3.99. The van der Waals surface area contributed by atoms with Gasteiger partial charge in [0.25, 0.3) is 0 Å². The molecule has 188 valence electrons. The van der Waals surface area contributed by atoms with E-state index in [1.807, 2.05) is 0 Å². The summed E-state index contributed by atoms with van der Waals surface area (Å²) in [5.41, 5.74) is 1.25. The summed E-state index contributed by atoms with van der Waals surface area (Å²) in [5, 5.41) is -0.285. The molecule has 0 radical (unpaired) electrons. The lowest BCUT2D eigenvalue weighted by Gasteiger charge is -2.20. The van der Waals surface area contributed by atoms with Gasteiger partial charge in [-0.2, -0.15) is 8.78 Å². The van der Waals surface area contributed by atoms with Gasteiger partial charge in [-0.3, -0.25) is 0 Å². The Morgan fingerprint density at radius 1 is 0.833 bits per heavy atom. The number of alkyl halides is 2. The summed E-state index contributed by atoms with van der Waals surface area (Å²) in [5.74, 6) is -4.80. The second-order valence-corrected chi connectivity index (χ2v) is 8.61. The van der Waals surface area contributed by atoms with E-state index in [0.717, 1.165) is 24.3 Å². The highest BCUT2D eigenvalue weighted by atomic mass is 19.3. The van der Waals surface area contributed by atoms with Crippen LogP contribution in [0.5, 0.6) is 0 Å². The molecule has 2 aliphatic rings. The van der Waals surface area contributed by atoms with Crippen molar-refractivity contribution in [3.8, 4) is 0 Å². The molecule has 0 atom stereocenters. The van der Waals surface area contributed by atoms with E-state index < -0.39 is 53.3 Å². The molecule has 0 amide bonds. The number of allylic oxidation sites excluding steroid dienone is 7. The SMILES string of the molecule is Cc1ccc(CCC(F)(F)OC2=CCC(=c3cc(F)c(=C4C=CC(F)=C(F)C4)c(F)c3)C=C2)c(F)c1. The lowest BCUT2D eigenvalue weighted by Crippen LogP contribution is -2.23. The molecule has 2 aliphatic carbocycles. The molecule has 36 heavy (non-hydrogen) atoms. The molecule has 0 bridgehead atoms. The van der Waals surface area contributed by atoms with Crippen molar-refractivity contribution in [1.29, 1.82) is 0 Å². The van der Waals surface area contributed by atoms with E-state index in [4.69, 9.17) is 4.74 Å². The van der Waals surface area contributed by atoms with Crippen LogP contribution in [-0.4, -0.2) is 6.11 Å². The highest BCUT2D eigenvalue weighted by Gasteiger charge is 2.32. The Balaban J connectivity index is 1.49. The Morgan fingerprint density at radius 2 is 1.53 bits per heavy atom. The van der Waals surface area contributed by atoms with Gasteiger partial charge < -0.3 is 4.74 Å². The van der Waals surface area contributed by atoms with Crippen LogP contribution in [0.1, 0.15) is 30.4 Å². The lowest BCUT2D eigenvalue weighted by molar-refractivity contribution is -0.214.